The Hall–Kier alpha value is -1.05. The minimum absolute atomic E-state index is 0.0289. The third-order valence-electron chi connectivity index (χ3n) is 5.21. The molecule has 132 valence electrons. The van der Waals surface area contributed by atoms with Crippen molar-refractivity contribution in [2.24, 2.45) is 11.8 Å². The van der Waals surface area contributed by atoms with Crippen molar-refractivity contribution in [2.75, 3.05) is 5.32 Å². The van der Waals surface area contributed by atoms with Gasteiger partial charge < -0.3 is 5.32 Å². The zero-order chi connectivity index (χ0) is 17.5. The summed E-state index contributed by atoms with van der Waals surface area (Å²) in [5.74, 6) is 0.749. The second kappa shape index (κ2) is 6.69. The van der Waals surface area contributed by atoms with Crippen LogP contribution in [0.2, 0.25) is 0 Å². The zero-order valence-corrected chi connectivity index (χ0v) is 15.8. The number of rotatable bonds is 3. The number of hydrogen-bond acceptors (Lipinski definition) is 4. The molecule has 2 N–H and O–H groups in total. The summed E-state index contributed by atoms with van der Waals surface area (Å²) >= 11 is 1.45. The Kier molecular flexibility index (Phi) is 4.95. The maximum atomic E-state index is 12.8. The molecule has 0 bridgehead atoms. The standard InChI is InChI=1S/C17H24N2O3S2/c1-10-5-4-6-14(11(10)2)19-24(21,22)13-7-8-16-15(9-13)18-17(20)12(3)23-16/h7-12,14,19H,4-6H2,1-3H3,(H,18,20). The van der Waals surface area contributed by atoms with Gasteiger partial charge in [-0.1, -0.05) is 26.7 Å². The molecule has 1 aliphatic carbocycles. The fourth-order valence-electron chi connectivity index (χ4n) is 3.37. The van der Waals surface area contributed by atoms with Crippen LogP contribution in [-0.4, -0.2) is 25.6 Å². The van der Waals surface area contributed by atoms with Crippen LogP contribution in [0, 0.1) is 11.8 Å². The second-order valence-electron chi connectivity index (χ2n) is 6.90. The van der Waals surface area contributed by atoms with Crippen LogP contribution in [0.15, 0.2) is 28.0 Å². The summed E-state index contributed by atoms with van der Waals surface area (Å²) < 4.78 is 28.4. The van der Waals surface area contributed by atoms with Gasteiger partial charge >= 0.3 is 0 Å². The van der Waals surface area contributed by atoms with Crippen LogP contribution in [0.25, 0.3) is 0 Å². The van der Waals surface area contributed by atoms with E-state index < -0.39 is 10.0 Å². The molecule has 0 radical (unpaired) electrons. The van der Waals surface area contributed by atoms with Crippen LogP contribution < -0.4 is 10.0 Å². The largest absolute Gasteiger partial charge is 0.324 e. The van der Waals surface area contributed by atoms with Crippen LogP contribution in [0.3, 0.4) is 0 Å². The molecule has 24 heavy (non-hydrogen) atoms. The number of thioether (sulfide) groups is 1. The van der Waals surface area contributed by atoms with Gasteiger partial charge in [-0.25, -0.2) is 13.1 Å². The molecule has 0 aromatic heterocycles. The van der Waals surface area contributed by atoms with Crippen LogP contribution in [0.1, 0.15) is 40.0 Å². The first-order chi connectivity index (χ1) is 11.3. The number of amides is 1. The molecule has 1 fully saturated rings. The quantitative estimate of drug-likeness (QED) is 0.859. The second-order valence-corrected chi connectivity index (χ2v) is 10.00. The van der Waals surface area contributed by atoms with Crippen molar-refractivity contribution in [1.29, 1.82) is 0 Å². The van der Waals surface area contributed by atoms with Crippen molar-refractivity contribution in [3.8, 4) is 0 Å². The molecular weight excluding hydrogens is 344 g/mol. The van der Waals surface area contributed by atoms with Crippen molar-refractivity contribution < 1.29 is 13.2 Å². The van der Waals surface area contributed by atoms with Crippen LogP contribution in [0.5, 0.6) is 0 Å². The molecule has 1 saturated carbocycles. The van der Waals surface area contributed by atoms with Gasteiger partial charge in [-0.2, -0.15) is 0 Å². The third kappa shape index (κ3) is 3.48. The molecular formula is C17H24N2O3S2. The Labute approximate surface area is 148 Å². The fourth-order valence-corrected chi connectivity index (χ4v) is 5.69. The Bertz CT molecular complexity index is 748. The fraction of sp³-hybridized carbons (Fsp3) is 0.588. The van der Waals surface area contributed by atoms with Crippen molar-refractivity contribution in [3.63, 3.8) is 0 Å². The van der Waals surface area contributed by atoms with Crippen molar-refractivity contribution in [2.45, 2.75) is 61.1 Å². The molecule has 7 heteroatoms. The molecule has 4 unspecified atom stereocenters. The van der Waals surface area contributed by atoms with E-state index in [2.05, 4.69) is 23.9 Å². The molecule has 4 atom stereocenters. The summed E-state index contributed by atoms with van der Waals surface area (Å²) in [6, 6.07) is 4.93. The maximum absolute atomic E-state index is 12.8. The summed E-state index contributed by atoms with van der Waals surface area (Å²) in [4.78, 5) is 12.9. The summed E-state index contributed by atoms with van der Waals surface area (Å²) in [5, 5.41) is 2.63. The van der Waals surface area contributed by atoms with E-state index in [1.165, 1.54) is 11.8 Å². The highest BCUT2D eigenvalue weighted by Crippen LogP contribution is 2.37. The molecule has 0 spiro atoms. The average molecular weight is 369 g/mol. The molecule has 5 nitrogen and oxygen atoms in total. The SMILES string of the molecule is CC1Sc2ccc(S(=O)(=O)NC3CCCC(C)C3C)cc2NC1=O. The highest BCUT2D eigenvalue weighted by atomic mass is 32.2. The van der Waals surface area contributed by atoms with Gasteiger partial charge in [0, 0.05) is 10.9 Å². The Morgan fingerprint density at radius 1 is 1.21 bits per heavy atom. The Morgan fingerprint density at radius 3 is 2.71 bits per heavy atom. The van der Waals surface area contributed by atoms with Gasteiger partial charge in [0.2, 0.25) is 15.9 Å². The lowest BCUT2D eigenvalue weighted by Crippen LogP contribution is -2.43. The number of benzene rings is 1. The highest BCUT2D eigenvalue weighted by molar-refractivity contribution is 8.01. The van der Waals surface area contributed by atoms with E-state index in [4.69, 9.17) is 0 Å². The first kappa shape index (κ1) is 17.8. The predicted molar refractivity (Wildman–Crippen MR) is 96.7 cm³/mol. The summed E-state index contributed by atoms with van der Waals surface area (Å²) in [6.07, 6.45) is 3.08. The lowest BCUT2D eigenvalue weighted by Gasteiger charge is -2.34. The average Bonchev–Trinajstić information content (AvgIpc) is 2.52. The van der Waals surface area contributed by atoms with Gasteiger partial charge in [0.05, 0.1) is 15.8 Å². The minimum atomic E-state index is -3.59. The van der Waals surface area contributed by atoms with E-state index in [9.17, 15) is 13.2 Å². The summed E-state index contributed by atoms with van der Waals surface area (Å²) in [7, 11) is -3.59. The summed E-state index contributed by atoms with van der Waals surface area (Å²) in [6.45, 7) is 6.13. The molecule has 3 rings (SSSR count). The van der Waals surface area contributed by atoms with Crippen molar-refractivity contribution >= 4 is 33.4 Å². The third-order valence-corrected chi connectivity index (χ3v) is 7.87. The molecule has 1 aliphatic heterocycles. The van der Waals surface area contributed by atoms with Gasteiger partial charge in [0.1, 0.15) is 0 Å². The summed E-state index contributed by atoms with van der Waals surface area (Å²) in [5.41, 5.74) is 0.580. The van der Waals surface area contributed by atoms with Gasteiger partial charge in [-0.3, -0.25) is 4.79 Å². The zero-order valence-electron chi connectivity index (χ0n) is 14.2. The molecule has 1 aromatic carbocycles. The first-order valence-electron chi connectivity index (χ1n) is 8.42. The minimum Gasteiger partial charge on any atom is -0.324 e. The lowest BCUT2D eigenvalue weighted by molar-refractivity contribution is -0.115. The first-order valence-corrected chi connectivity index (χ1v) is 10.8. The lowest BCUT2D eigenvalue weighted by atomic mass is 9.78. The highest BCUT2D eigenvalue weighted by Gasteiger charge is 2.31. The van der Waals surface area contributed by atoms with Crippen LogP contribution in [-0.2, 0) is 14.8 Å². The normalized spacial score (nSPS) is 30.5. The number of anilines is 1. The molecule has 1 heterocycles. The van der Waals surface area contributed by atoms with Gasteiger partial charge in [0.25, 0.3) is 0 Å². The van der Waals surface area contributed by atoms with Crippen LogP contribution in [0.4, 0.5) is 5.69 Å². The Morgan fingerprint density at radius 2 is 1.96 bits per heavy atom. The van der Waals surface area contributed by atoms with E-state index in [1.54, 1.807) is 18.2 Å². The van der Waals surface area contributed by atoms with Crippen molar-refractivity contribution in [1.82, 2.24) is 4.72 Å². The Balaban J connectivity index is 1.83. The molecule has 0 saturated heterocycles. The number of sulfonamides is 1. The number of fused-ring (bicyclic) bond motifs is 1. The predicted octanol–water partition coefficient (Wildman–Crippen LogP) is 3.22. The van der Waals surface area contributed by atoms with Gasteiger partial charge in [-0.05, 0) is 43.4 Å². The van der Waals surface area contributed by atoms with E-state index in [-0.39, 0.29) is 22.1 Å². The van der Waals surface area contributed by atoms with Gasteiger partial charge in [-0.15, -0.1) is 11.8 Å². The van der Waals surface area contributed by atoms with E-state index in [1.807, 2.05) is 6.92 Å². The smallest absolute Gasteiger partial charge is 0.240 e. The monoisotopic (exact) mass is 368 g/mol. The molecule has 1 aromatic rings. The number of carbonyl (C=O) groups excluding carboxylic acids is 1. The topological polar surface area (TPSA) is 75.3 Å². The molecule has 1 amide bonds. The number of carbonyl (C=O) groups is 1. The van der Waals surface area contributed by atoms with E-state index in [0.717, 1.165) is 24.2 Å². The maximum Gasteiger partial charge on any atom is 0.240 e. The van der Waals surface area contributed by atoms with E-state index >= 15 is 0 Å². The number of hydrogen-bond donors (Lipinski definition) is 2. The van der Waals surface area contributed by atoms with Crippen molar-refractivity contribution in [3.05, 3.63) is 18.2 Å². The van der Waals surface area contributed by atoms with Gasteiger partial charge in [0.15, 0.2) is 0 Å². The van der Waals surface area contributed by atoms with Crippen LogP contribution >= 0.6 is 11.8 Å². The number of nitrogens with one attached hydrogen (secondary N) is 2. The molecule has 2 aliphatic rings. The van der Waals surface area contributed by atoms with E-state index in [0.29, 0.717) is 17.5 Å².